The topological polar surface area (TPSA) is 54.0 Å². The van der Waals surface area contributed by atoms with Crippen molar-refractivity contribution in [3.05, 3.63) is 71.9 Å². The first-order valence-corrected chi connectivity index (χ1v) is 9.21. The van der Waals surface area contributed by atoms with Gasteiger partial charge in [-0.2, -0.15) is 15.4 Å². The molecule has 26 heavy (non-hydrogen) atoms. The summed E-state index contributed by atoms with van der Waals surface area (Å²) in [5.41, 5.74) is 4.30. The van der Waals surface area contributed by atoms with Gasteiger partial charge in [0.25, 0.3) is 0 Å². The largest absolute Gasteiger partial charge is 0.377 e. The molecule has 1 aliphatic heterocycles. The minimum Gasteiger partial charge on any atom is -0.377 e. The summed E-state index contributed by atoms with van der Waals surface area (Å²) in [5, 5.41) is 11.6. The summed E-state index contributed by atoms with van der Waals surface area (Å²) < 4.78 is 5.87. The maximum absolute atomic E-state index is 5.87. The summed E-state index contributed by atoms with van der Waals surface area (Å²) in [5.74, 6) is 0. The van der Waals surface area contributed by atoms with Gasteiger partial charge in [0.05, 0.1) is 6.10 Å². The third-order valence-corrected chi connectivity index (χ3v) is 4.78. The van der Waals surface area contributed by atoms with E-state index in [0.29, 0.717) is 6.10 Å². The Morgan fingerprint density at radius 1 is 0.962 bits per heavy atom. The molecule has 1 N–H and O–H groups in total. The highest BCUT2D eigenvalue weighted by atomic mass is 16.5. The Kier molecular flexibility index (Phi) is 5.38. The number of ether oxygens (including phenoxy) is 1. The third-order valence-electron chi connectivity index (χ3n) is 4.78. The average Bonchev–Trinajstić information content (AvgIpc) is 3.35. The molecule has 0 spiro atoms. The van der Waals surface area contributed by atoms with Crippen LogP contribution in [-0.2, 0) is 17.8 Å². The van der Waals surface area contributed by atoms with Crippen LogP contribution in [0.15, 0.2) is 60.7 Å². The number of benzene rings is 2. The zero-order chi connectivity index (χ0) is 17.6. The highest BCUT2D eigenvalue weighted by Crippen LogP contribution is 2.22. The molecule has 0 unspecified atom stereocenters. The van der Waals surface area contributed by atoms with E-state index in [4.69, 9.17) is 4.74 Å². The van der Waals surface area contributed by atoms with E-state index in [2.05, 4.69) is 62.8 Å². The minimum absolute atomic E-state index is 0.311. The van der Waals surface area contributed by atoms with Gasteiger partial charge in [0, 0.05) is 31.8 Å². The van der Waals surface area contributed by atoms with Gasteiger partial charge < -0.3 is 4.74 Å². The monoisotopic (exact) mass is 348 g/mol. The van der Waals surface area contributed by atoms with E-state index in [1.54, 1.807) is 0 Å². The van der Waals surface area contributed by atoms with Crippen LogP contribution in [0.3, 0.4) is 0 Å². The molecule has 1 atom stereocenters. The fourth-order valence-corrected chi connectivity index (χ4v) is 3.50. The van der Waals surface area contributed by atoms with Gasteiger partial charge in [-0.3, -0.25) is 4.90 Å². The van der Waals surface area contributed by atoms with Gasteiger partial charge in [0.1, 0.15) is 11.4 Å². The number of hydrogen-bond acceptors (Lipinski definition) is 4. The molecule has 1 aliphatic rings. The van der Waals surface area contributed by atoms with E-state index >= 15 is 0 Å². The van der Waals surface area contributed by atoms with Crippen LogP contribution in [0.4, 0.5) is 0 Å². The zero-order valence-electron chi connectivity index (χ0n) is 14.8. The predicted molar refractivity (Wildman–Crippen MR) is 101 cm³/mol. The number of nitrogens with zero attached hydrogens (tertiary/aromatic N) is 3. The van der Waals surface area contributed by atoms with Crippen LogP contribution in [0, 0.1) is 0 Å². The molecule has 0 radical (unpaired) electrons. The maximum atomic E-state index is 5.87. The molecular formula is C21H24N4O. The molecule has 5 nitrogen and oxygen atoms in total. The number of rotatable bonds is 7. The smallest absolute Gasteiger partial charge is 0.117 e. The zero-order valence-corrected chi connectivity index (χ0v) is 14.8. The van der Waals surface area contributed by atoms with Crippen molar-refractivity contribution >= 4 is 0 Å². The van der Waals surface area contributed by atoms with Crippen LogP contribution in [-0.4, -0.2) is 39.6 Å². The predicted octanol–water partition coefficient (Wildman–Crippen LogP) is 3.65. The molecular weight excluding hydrogens is 324 g/mol. The molecule has 5 heteroatoms. The Morgan fingerprint density at radius 3 is 2.46 bits per heavy atom. The second-order valence-corrected chi connectivity index (χ2v) is 6.78. The van der Waals surface area contributed by atoms with Gasteiger partial charge in [-0.25, -0.2) is 0 Å². The summed E-state index contributed by atoms with van der Waals surface area (Å²) in [7, 11) is 0. The van der Waals surface area contributed by atoms with Crippen LogP contribution >= 0.6 is 0 Å². The quantitative estimate of drug-likeness (QED) is 0.708. The van der Waals surface area contributed by atoms with Crippen molar-refractivity contribution in [3.63, 3.8) is 0 Å². The fourth-order valence-electron chi connectivity index (χ4n) is 3.50. The number of nitrogens with one attached hydrogen (secondary N) is 1. The first kappa shape index (κ1) is 16.9. The van der Waals surface area contributed by atoms with Crippen LogP contribution in [0.25, 0.3) is 11.3 Å². The Bertz CT molecular complexity index is 797. The molecule has 2 heterocycles. The van der Waals surface area contributed by atoms with Crippen LogP contribution in [0.2, 0.25) is 0 Å². The lowest BCUT2D eigenvalue weighted by Crippen LogP contribution is -2.31. The van der Waals surface area contributed by atoms with Crippen molar-refractivity contribution < 1.29 is 4.74 Å². The molecule has 0 amide bonds. The third kappa shape index (κ3) is 4.18. The SMILES string of the molecule is c1ccc(CN(Cc2n[nH]nc2-c2ccccc2)C[C@@H]2CCCO2)cc1. The molecule has 3 aromatic rings. The maximum Gasteiger partial charge on any atom is 0.117 e. The molecule has 0 saturated carbocycles. The highest BCUT2D eigenvalue weighted by Gasteiger charge is 2.21. The van der Waals surface area contributed by atoms with Crippen molar-refractivity contribution in [1.29, 1.82) is 0 Å². The number of H-pyrrole nitrogens is 1. The molecule has 0 aliphatic carbocycles. The van der Waals surface area contributed by atoms with Gasteiger partial charge in [-0.1, -0.05) is 60.7 Å². The van der Waals surface area contributed by atoms with E-state index < -0.39 is 0 Å². The molecule has 0 bridgehead atoms. The summed E-state index contributed by atoms with van der Waals surface area (Å²) in [6.45, 7) is 3.41. The van der Waals surface area contributed by atoms with E-state index in [9.17, 15) is 0 Å². The lowest BCUT2D eigenvalue weighted by molar-refractivity contribution is 0.0675. The Morgan fingerprint density at radius 2 is 1.73 bits per heavy atom. The molecule has 4 rings (SSSR count). The number of aromatic amines is 1. The van der Waals surface area contributed by atoms with E-state index in [-0.39, 0.29) is 0 Å². The Balaban J connectivity index is 1.53. The van der Waals surface area contributed by atoms with Crippen molar-refractivity contribution in [2.24, 2.45) is 0 Å². The van der Waals surface area contributed by atoms with Crippen LogP contribution < -0.4 is 0 Å². The summed E-state index contributed by atoms with van der Waals surface area (Å²) >= 11 is 0. The lowest BCUT2D eigenvalue weighted by Gasteiger charge is -2.24. The fraction of sp³-hybridized carbons (Fsp3) is 0.333. The molecule has 1 saturated heterocycles. The Labute approximate surface area is 154 Å². The minimum atomic E-state index is 0.311. The van der Waals surface area contributed by atoms with Gasteiger partial charge >= 0.3 is 0 Å². The summed E-state index contributed by atoms with van der Waals surface area (Å²) in [6.07, 6.45) is 2.60. The van der Waals surface area contributed by atoms with E-state index in [0.717, 1.165) is 56.0 Å². The van der Waals surface area contributed by atoms with Crippen molar-refractivity contribution in [2.75, 3.05) is 13.2 Å². The van der Waals surface area contributed by atoms with Crippen LogP contribution in [0.1, 0.15) is 24.1 Å². The van der Waals surface area contributed by atoms with Crippen molar-refractivity contribution in [1.82, 2.24) is 20.3 Å². The highest BCUT2D eigenvalue weighted by molar-refractivity contribution is 5.60. The van der Waals surface area contributed by atoms with Gasteiger partial charge in [-0.05, 0) is 18.4 Å². The summed E-state index contributed by atoms with van der Waals surface area (Å²) in [4.78, 5) is 2.41. The number of hydrogen-bond donors (Lipinski definition) is 1. The molecule has 1 fully saturated rings. The first-order chi connectivity index (χ1) is 12.9. The van der Waals surface area contributed by atoms with Gasteiger partial charge in [0.15, 0.2) is 0 Å². The average molecular weight is 348 g/mol. The summed E-state index contributed by atoms with van der Waals surface area (Å²) in [6, 6.07) is 20.8. The first-order valence-electron chi connectivity index (χ1n) is 9.21. The van der Waals surface area contributed by atoms with Gasteiger partial charge in [-0.15, -0.1) is 0 Å². The van der Waals surface area contributed by atoms with E-state index in [1.807, 2.05) is 18.2 Å². The molecule has 2 aromatic carbocycles. The van der Waals surface area contributed by atoms with E-state index in [1.165, 1.54) is 5.56 Å². The second kappa shape index (κ2) is 8.25. The van der Waals surface area contributed by atoms with Crippen molar-refractivity contribution in [3.8, 4) is 11.3 Å². The van der Waals surface area contributed by atoms with Crippen molar-refractivity contribution in [2.45, 2.75) is 32.0 Å². The standard InChI is InChI=1S/C21H24N4O/c1-3-8-17(9-4-1)14-25(15-19-12-7-13-26-19)16-20-21(23-24-22-20)18-10-5-2-6-11-18/h1-6,8-11,19H,7,12-16H2,(H,22,23,24)/t19-/m0/s1. The second-order valence-electron chi connectivity index (χ2n) is 6.78. The molecule has 1 aromatic heterocycles. The lowest BCUT2D eigenvalue weighted by atomic mass is 10.1. The van der Waals surface area contributed by atoms with Gasteiger partial charge in [0.2, 0.25) is 0 Å². The van der Waals surface area contributed by atoms with Crippen LogP contribution in [0.5, 0.6) is 0 Å². The molecule has 134 valence electrons. The Hall–Kier alpha value is -2.50. The normalized spacial score (nSPS) is 17.0. The number of aromatic nitrogens is 3.